The van der Waals surface area contributed by atoms with Crippen molar-refractivity contribution in [3.8, 4) is 0 Å². The number of hydrazine groups is 1. The minimum absolute atomic E-state index is 0.0572. The van der Waals surface area contributed by atoms with E-state index in [9.17, 15) is 4.79 Å². The Morgan fingerprint density at radius 2 is 2.44 bits per heavy atom. The van der Waals surface area contributed by atoms with Gasteiger partial charge in [-0.25, -0.2) is 10.8 Å². The van der Waals surface area contributed by atoms with Crippen LogP contribution in [0.3, 0.4) is 0 Å². The zero-order chi connectivity index (χ0) is 13.0. The number of rotatable bonds is 4. The zero-order valence-corrected chi connectivity index (χ0v) is 10.6. The monoisotopic (exact) mass is 249 g/mol. The third-order valence-electron chi connectivity index (χ3n) is 3.27. The van der Waals surface area contributed by atoms with Crippen LogP contribution in [0.1, 0.15) is 36.7 Å². The highest BCUT2D eigenvalue weighted by Crippen LogP contribution is 2.22. The van der Waals surface area contributed by atoms with Crippen molar-refractivity contribution in [1.29, 1.82) is 0 Å². The molecule has 6 heteroatoms. The van der Waals surface area contributed by atoms with E-state index in [0.717, 1.165) is 19.5 Å². The predicted octanol–water partition coefficient (Wildman–Crippen LogP) is 1.02. The molecule has 3 N–H and O–H groups in total. The summed E-state index contributed by atoms with van der Waals surface area (Å²) in [7, 11) is 0. The van der Waals surface area contributed by atoms with Gasteiger partial charge in [-0.05, 0) is 18.8 Å². The molecule has 1 aliphatic rings. The van der Waals surface area contributed by atoms with E-state index in [2.05, 4.69) is 22.3 Å². The van der Waals surface area contributed by atoms with Gasteiger partial charge < -0.3 is 10.3 Å². The highest BCUT2D eigenvalue weighted by molar-refractivity contribution is 5.92. The molecule has 2 rings (SSSR count). The third-order valence-corrected chi connectivity index (χ3v) is 3.27. The molecule has 18 heavy (non-hydrogen) atoms. The van der Waals surface area contributed by atoms with Gasteiger partial charge in [0.25, 0.3) is 5.91 Å². The van der Waals surface area contributed by atoms with Gasteiger partial charge in [0.15, 0.2) is 5.82 Å². The summed E-state index contributed by atoms with van der Waals surface area (Å²) in [4.78, 5) is 22.1. The van der Waals surface area contributed by atoms with Gasteiger partial charge in [-0.1, -0.05) is 13.3 Å². The molecule has 0 aromatic carbocycles. The minimum Gasteiger partial charge on any atom is -0.337 e. The van der Waals surface area contributed by atoms with E-state index < -0.39 is 0 Å². The van der Waals surface area contributed by atoms with Crippen LogP contribution in [-0.4, -0.2) is 33.9 Å². The Kier molecular flexibility index (Phi) is 4.09. The number of nitrogens with two attached hydrogens (primary N) is 1. The van der Waals surface area contributed by atoms with Crippen LogP contribution in [0, 0.1) is 5.92 Å². The van der Waals surface area contributed by atoms with E-state index in [0.29, 0.717) is 17.4 Å². The van der Waals surface area contributed by atoms with Gasteiger partial charge in [0, 0.05) is 13.1 Å². The number of carbonyl (C=O) groups is 1. The lowest BCUT2D eigenvalue weighted by Crippen LogP contribution is -2.29. The molecular weight excluding hydrogens is 230 g/mol. The Labute approximate surface area is 107 Å². The van der Waals surface area contributed by atoms with E-state index in [1.165, 1.54) is 25.2 Å². The van der Waals surface area contributed by atoms with Crippen LogP contribution in [0.5, 0.6) is 0 Å². The molecule has 1 aromatic heterocycles. The number of amides is 1. The first kappa shape index (κ1) is 12.8. The molecule has 98 valence electrons. The minimum atomic E-state index is -0.0572. The van der Waals surface area contributed by atoms with Crippen LogP contribution in [0.25, 0.3) is 0 Å². The second-order valence-electron chi connectivity index (χ2n) is 4.63. The Balaban J connectivity index is 2.03. The molecular formula is C12H19N5O. The largest absolute Gasteiger partial charge is 0.337 e. The van der Waals surface area contributed by atoms with Gasteiger partial charge in [0.2, 0.25) is 0 Å². The molecule has 1 aliphatic heterocycles. The number of aromatic nitrogens is 2. The van der Waals surface area contributed by atoms with Crippen molar-refractivity contribution in [2.24, 2.45) is 11.8 Å². The number of hydrogen-bond donors (Lipinski definition) is 2. The number of hydrogen-bond acceptors (Lipinski definition) is 5. The van der Waals surface area contributed by atoms with Gasteiger partial charge in [-0.15, -0.1) is 0 Å². The van der Waals surface area contributed by atoms with Crippen LogP contribution in [0.15, 0.2) is 12.4 Å². The van der Waals surface area contributed by atoms with Crippen molar-refractivity contribution in [3.63, 3.8) is 0 Å². The summed E-state index contributed by atoms with van der Waals surface area (Å²) in [6.45, 7) is 3.81. The molecule has 1 fully saturated rings. The molecule has 0 radical (unpaired) electrons. The number of nitrogen functional groups attached to an aromatic ring is 1. The molecule has 1 saturated heterocycles. The number of nitrogens with zero attached hydrogens (tertiary/aromatic N) is 3. The summed E-state index contributed by atoms with van der Waals surface area (Å²) in [5, 5.41) is 0. The van der Waals surface area contributed by atoms with Gasteiger partial charge in [0.1, 0.15) is 5.69 Å². The van der Waals surface area contributed by atoms with E-state index in [1.54, 1.807) is 0 Å². The lowest BCUT2D eigenvalue weighted by Gasteiger charge is -2.16. The fourth-order valence-electron chi connectivity index (χ4n) is 2.36. The fraction of sp³-hybridized carbons (Fsp3) is 0.583. The smallest absolute Gasteiger partial charge is 0.274 e. The summed E-state index contributed by atoms with van der Waals surface area (Å²) in [5.41, 5.74) is 2.75. The summed E-state index contributed by atoms with van der Waals surface area (Å²) in [5.74, 6) is 6.23. The average Bonchev–Trinajstić information content (AvgIpc) is 2.87. The van der Waals surface area contributed by atoms with Gasteiger partial charge in [0.05, 0.1) is 12.4 Å². The first-order chi connectivity index (χ1) is 8.74. The lowest BCUT2D eigenvalue weighted by atomic mass is 10.0. The molecule has 0 aliphatic carbocycles. The van der Waals surface area contributed by atoms with Gasteiger partial charge in [-0.3, -0.25) is 9.78 Å². The molecule has 1 unspecified atom stereocenters. The van der Waals surface area contributed by atoms with Crippen molar-refractivity contribution in [2.75, 3.05) is 18.5 Å². The summed E-state index contributed by atoms with van der Waals surface area (Å²) in [6, 6.07) is 0. The van der Waals surface area contributed by atoms with E-state index in [-0.39, 0.29) is 5.91 Å². The van der Waals surface area contributed by atoms with Crippen LogP contribution >= 0.6 is 0 Å². The molecule has 0 bridgehead atoms. The van der Waals surface area contributed by atoms with E-state index in [1.807, 2.05) is 4.90 Å². The Morgan fingerprint density at radius 3 is 3.17 bits per heavy atom. The molecule has 2 heterocycles. The fourth-order valence-corrected chi connectivity index (χ4v) is 2.36. The second-order valence-corrected chi connectivity index (χ2v) is 4.63. The predicted molar refractivity (Wildman–Crippen MR) is 68.8 cm³/mol. The Morgan fingerprint density at radius 1 is 1.61 bits per heavy atom. The van der Waals surface area contributed by atoms with Crippen molar-refractivity contribution in [1.82, 2.24) is 14.9 Å². The van der Waals surface area contributed by atoms with Crippen LogP contribution in [0.2, 0.25) is 0 Å². The van der Waals surface area contributed by atoms with E-state index >= 15 is 0 Å². The summed E-state index contributed by atoms with van der Waals surface area (Å²) < 4.78 is 0. The van der Waals surface area contributed by atoms with Gasteiger partial charge in [-0.2, -0.15) is 0 Å². The van der Waals surface area contributed by atoms with Crippen molar-refractivity contribution >= 4 is 11.7 Å². The Bertz CT molecular complexity index is 423. The SMILES string of the molecule is CCCC1CCN(C(=O)c2cncc(NN)n2)C1. The first-order valence-electron chi connectivity index (χ1n) is 6.32. The summed E-state index contributed by atoms with van der Waals surface area (Å²) >= 11 is 0. The lowest BCUT2D eigenvalue weighted by molar-refractivity contribution is 0.0780. The van der Waals surface area contributed by atoms with Gasteiger partial charge >= 0.3 is 0 Å². The molecule has 1 aromatic rings. The van der Waals surface area contributed by atoms with Crippen LogP contribution < -0.4 is 11.3 Å². The van der Waals surface area contributed by atoms with Crippen LogP contribution in [0.4, 0.5) is 5.82 Å². The summed E-state index contributed by atoms with van der Waals surface area (Å²) in [6.07, 6.45) is 6.40. The normalized spacial score (nSPS) is 19.0. The maximum atomic E-state index is 12.2. The van der Waals surface area contributed by atoms with Crippen molar-refractivity contribution in [2.45, 2.75) is 26.2 Å². The number of likely N-dealkylation sites (tertiary alicyclic amines) is 1. The molecule has 0 saturated carbocycles. The zero-order valence-electron chi connectivity index (χ0n) is 10.6. The maximum Gasteiger partial charge on any atom is 0.274 e. The quantitative estimate of drug-likeness (QED) is 0.615. The third kappa shape index (κ3) is 2.76. The topological polar surface area (TPSA) is 84.1 Å². The van der Waals surface area contributed by atoms with Crippen molar-refractivity contribution in [3.05, 3.63) is 18.1 Å². The molecule has 6 nitrogen and oxygen atoms in total. The maximum absolute atomic E-state index is 12.2. The molecule has 1 amide bonds. The number of anilines is 1. The number of nitrogens with one attached hydrogen (secondary N) is 1. The highest BCUT2D eigenvalue weighted by atomic mass is 16.2. The Hall–Kier alpha value is -1.69. The standard InChI is InChI=1S/C12H19N5O/c1-2-3-9-4-5-17(8-9)12(18)10-6-14-7-11(15-10)16-13/h6-7,9H,2-5,8,13H2,1H3,(H,15,16). The molecule has 1 atom stereocenters. The average molecular weight is 249 g/mol. The van der Waals surface area contributed by atoms with Crippen molar-refractivity contribution < 1.29 is 4.79 Å². The first-order valence-corrected chi connectivity index (χ1v) is 6.32. The van der Waals surface area contributed by atoms with Crippen LogP contribution in [-0.2, 0) is 0 Å². The highest BCUT2D eigenvalue weighted by Gasteiger charge is 2.27. The number of carbonyl (C=O) groups excluding carboxylic acids is 1. The molecule has 0 spiro atoms. The van der Waals surface area contributed by atoms with E-state index in [4.69, 9.17) is 5.84 Å². The second kappa shape index (κ2) is 5.77.